The first-order valence-electron chi connectivity index (χ1n) is 22.0. The highest BCUT2D eigenvalue weighted by Gasteiger charge is 2.31. The van der Waals surface area contributed by atoms with Crippen LogP contribution in [0.4, 0.5) is 0 Å². The zero-order valence-electron chi connectivity index (χ0n) is 32.8. The van der Waals surface area contributed by atoms with E-state index in [1.165, 1.54) is 225 Å². The van der Waals surface area contributed by atoms with Crippen LogP contribution in [0.5, 0.6) is 0 Å². The molecule has 0 rings (SSSR count). The van der Waals surface area contributed by atoms with Gasteiger partial charge in [-0.3, -0.25) is 5.26 Å². The predicted molar refractivity (Wildman–Crippen MR) is 208 cm³/mol. The molecule has 278 valence electrons. The van der Waals surface area contributed by atoms with E-state index in [0.717, 1.165) is 25.2 Å². The second-order valence-electron chi connectivity index (χ2n) is 15.7. The van der Waals surface area contributed by atoms with Gasteiger partial charge in [0, 0.05) is 0 Å². The summed E-state index contributed by atoms with van der Waals surface area (Å²) in [5, 5.41) is 10.5. The third kappa shape index (κ3) is 31.2. The minimum atomic E-state index is -0.304. The van der Waals surface area contributed by atoms with Crippen molar-refractivity contribution >= 4 is 0 Å². The number of hydrogen-bond donors (Lipinski definition) is 1. The Bertz CT molecular complexity index is 506. The summed E-state index contributed by atoms with van der Waals surface area (Å²) in [6.07, 6.45) is 51.3. The molecule has 0 bridgehead atoms. The second-order valence-corrected chi connectivity index (χ2v) is 15.7. The van der Waals surface area contributed by atoms with Crippen molar-refractivity contribution in [3.05, 3.63) is 0 Å². The summed E-state index contributed by atoms with van der Waals surface area (Å²) in [5.74, 6) is 0.812. The lowest BCUT2D eigenvalue weighted by Gasteiger charge is -2.32. The second kappa shape index (κ2) is 37.7. The van der Waals surface area contributed by atoms with Gasteiger partial charge in [-0.25, -0.2) is 4.89 Å². The van der Waals surface area contributed by atoms with E-state index in [1.54, 1.807) is 0 Å². The van der Waals surface area contributed by atoms with Gasteiger partial charge in [0.15, 0.2) is 0 Å². The molecule has 0 saturated carbocycles. The van der Waals surface area contributed by atoms with Crippen molar-refractivity contribution in [2.24, 2.45) is 5.92 Å². The molecule has 0 amide bonds. The molecular formula is C44H90O2. The van der Waals surface area contributed by atoms with Gasteiger partial charge in [0.2, 0.25) is 0 Å². The van der Waals surface area contributed by atoms with Crippen molar-refractivity contribution in [3.8, 4) is 0 Å². The van der Waals surface area contributed by atoms with Crippen molar-refractivity contribution in [2.45, 2.75) is 277 Å². The van der Waals surface area contributed by atoms with Gasteiger partial charge in [-0.15, -0.1) is 0 Å². The monoisotopic (exact) mass is 651 g/mol. The molecule has 0 unspecified atom stereocenters. The molecule has 0 saturated heterocycles. The predicted octanol–water partition coefficient (Wildman–Crippen LogP) is 16.7. The SMILES string of the molecule is CCCCCCCCCCC(CCCCCCCCCC)CCC(CCCCCCCCCC)(CCCCCCCCCC)OO. The standard InChI is InChI=1S/C44H90O2/c1-5-9-13-17-21-25-29-33-37-43(38-34-30-26-22-18-14-10-6-2)39-42-44(46-45,40-35-31-27-23-19-15-11-7-3)41-36-32-28-24-20-16-12-8-4/h43,45H,5-42H2,1-4H3. The van der Waals surface area contributed by atoms with E-state index in [0.29, 0.717) is 0 Å². The largest absolute Gasteiger partial charge is 0.251 e. The molecule has 0 atom stereocenters. The van der Waals surface area contributed by atoms with E-state index >= 15 is 0 Å². The number of unbranched alkanes of at least 4 members (excludes halogenated alkanes) is 28. The van der Waals surface area contributed by atoms with Crippen LogP contribution in [0, 0.1) is 5.92 Å². The summed E-state index contributed by atoms with van der Waals surface area (Å²) in [4.78, 5) is 5.59. The van der Waals surface area contributed by atoms with E-state index in [-0.39, 0.29) is 5.60 Å². The first kappa shape index (κ1) is 45.9. The lowest BCUT2D eigenvalue weighted by Crippen LogP contribution is -2.32. The number of hydrogen-bond acceptors (Lipinski definition) is 2. The van der Waals surface area contributed by atoms with Gasteiger partial charge in [-0.2, -0.15) is 0 Å². The number of rotatable bonds is 40. The minimum absolute atomic E-state index is 0.304. The highest BCUT2D eigenvalue weighted by Crippen LogP contribution is 2.35. The summed E-state index contributed by atoms with van der Waals surface area (Å²) in [6.45, 7) is 9.23. The quantitative estimate of drug-likeness (QED) is 0.0406. The molecule has 0 aromatic rings. The Morgan fingerprint density at radius 3 is 0.870 bits per heavy atom. The van der Waals surface area contributed by atoms with Crippen LogP contribution in [0.15, 0.2) is 0 Å². The summed E-state index contributed by atoms with van der Waals surface area (Å²) >= 11 is 0. The maximum atomic E-state index is 10.5. The molecule has 0 aliphatic rings. The zero-order valence-corrected chi connectivity index (χ0v) is 32.8. The molecule has 0 spiro atoms. The lowest BCUT2D eigenvalue weighted by molar-refractivity contribution is -0.330. The first-order chi connectivity index (χ1) is 22.7. The molecule has 0 aliphatic heterocycles. The third-order valence-electron chi connectivity index (χ3n) is 11.1. The van der Waals surface area contributed by atoms with Crippen LogP contribution in [0.2, 0.25) is 0 Å². The Morgan fingerprint density at radius 1 is 0.326 bits per heavy atom. The van der Waals surface area contributed by atoms with Gasteiger partial charge < -0.3 is 0 Å². The molecule has 0 fully saturated rings. The lowest BCUT2D eigenvalue weighted by atomic mass is 9.81. The van der Waals surface area contributed by atoms with Gasteiger partial charge in [0.05, 0.1) is 0 Å². The molecule has 0 aromatic carbocycles. The van der Waals surface area contributed by atoms with Gasteiger partial charge in [-0.1, -0.05) is 246 Å². The summed E-state index contributed by atoms with van der Waals surface area (Å²) in [5.41, 5.74) is -0.304. The van der Waals surface area contributed by atoms with E-state index in [4.69, 9.17) is 4.89 Å². The van der Waals surface area contributed by atoms with E-state index in [1.807, 2.05) is 0 Å². The normalized spacial score (nSPS) is 12.1. The van der Waals surface area contributed by atoms with Crippen LogP contribution in [0.1, 0.15) is 272 Å². The first-order valence-corrected chi connectivity index (χ1v) is 22.0. The average Bonchev–Trinajstić information content (AvgIpc) is 3.07. The molecule has 1 N–H and O–H groups in total. The molecule has 46 heavy (non-hydrogen) atoms. The van der Waals surface area contributed by atoms with E-state index in [2.05, 4.69) is 27.7 Å². The van der Waals surface area contributed by atoms with Crippen molar-refractivity contribution < 1.29 is 10.1 Å². The topological polar surface area (TPSA) is 29.5 Å². The van der Waals surface area contributed by atoms with Crippen molar-refractivity contribution in [2.75, 3.05) is 0 Å². The van der Waals surface area contributed by atoms with E-state index in [9.17, 15) is 5.26 Å². The Kier molecular flexibility index (Phi) is 37.7. The van der Waals surface area contributed by atoms with Crippen LogP contribution >= 0.6 is 0 Å². The fourth-order valence-electron chi connectivity index (χ4n) is 7.71. The maximum Gasteiger partial charge on any atom is 0.103 e. The van der Waals surface area contributed by atoms with E-state index < -0.39 is 0 Å². The van der Waals surface area contributed by atoms with Crippen LogP contribution < -0.4 is 0 Å². The average molecular weight is 651 g/mol. The van der Waals surface area contributed by atoms with Gasteiger partial charge in [0.1, 0.15) is 5.60 Å². The molecule has 2 nitrogen and oxygen atoms in total. The molecule has 0 heterocycles. The Balaban J connectivity index is 4.95. The summed E-state index contributed by atoms with van der Waals surface area (Å²) in [7, 11) is 0. The third-order valence-corrected chi connectivity index (χ3v) is 11.1. The van der Waals surface area contributed by atoms with Crippen LogP contribution in [0.3, 0.4) is 0 Å². The van der Waals surface area contributed by atoms with Crippen LogP contribution in [0.25, 0.3) is 0 Å². The summed E-state index contributed by atoms with van der Waals surface area (Å²) in [6, 6.07) is 0. The minimum Gasteiger partial charge on any atom is -0.251 e. The fourth-order valence-corrected chi connectivity index (χ4v) is 7.71. The van der Waals surface area contributed by atoms with Crippen LogP contribution in [-0.4, -0.2) is 10.9 Å². The van der Waals surface area contributed by atoms with Gasteiger partial charge >= 0.3 is 0 Å². The fraction of sp³-hybridized carbons (Fsp3) is 1.00. The zero-order chi connectivity index (χ0) is 33.7. The Morgan fingerprint density at radius 2 is 0.587 bits per heavy atom. The van der Waals surface area contributed by atoms with Gasteiger partial charge in [0.25, 0.3) is 0 Å². The van der Waals surface area contributed by atoms with Crippen molar-refractivity contribution in [1.29, 1.82) is 0 Å². The van der Waals surface area contributed by atoms with Gasteiger partial charge in [-0.05, 0) is 31.6 Å². The smallest absolute Gasteiger partial charge is 0.103 e. The van der Waals surface area contributed by atoms with Crippen LogP contribution in [-0.2, 0) is 4.89 Å². The molecule has 0 aliphatic carbocycles. The molecule has 0 radical (unpaired) electrons. The highest BCUT2D eigenvalue weighted by atomic mass is 17.1. The maximum absolute atomic E-state index is 10.5. The molecule has 0 aromatic heterocycles. The Hall–Kier alpha value is -0.0800. The molecule has 2 heteroatoms. The summed E-state index contributed by atoms with van der Waals surface area (Å²) < 4.78 is 0. The Labute approximate surface area is 292 Å². The molecular weight excluding hydrogens is 560 g/mol. The highest BCUT2D eigenvalue weighted by molar-refractivity contribution is 4.81. The van der Waals surface area contributed by atoms with Crippen molar-refractivity contribution in [1.82, 2.24) is 0 Å². The van der Waals surface area contributed by atoms with Crippen molar-refractivity contribution in [3.63, 3.8) is 0 Å².